The Bertz CT molecular complexity index is 989. The average Bonchev–Trinajstić information content (AvgIpc) is 3.16. The lowest BCUT2D eigenvalue weighted by Crippen LogP contribution is -2.25. The summed E-state index contributed by atoms with van der Waals surface area (Å²) in [6.07, 6.45) is 0.297. The van der Waals surface area contributed by atoms with Gasteiger partial charge in [0.1, 0.15) is 17.8 Å². The number of fused-ring (bicyclic) bond motifs is 1. The van der Waals surface area contributed by atoms with E-state index >= 15 is 0 Å². The predicted octanol–water partition coefficient (Wildman–Crippen LogP) is 3.14. The molecule has 9 heteroatoms. The number of nitrogens with zero attached hydrogens (tertiary/aromatic N) is 4. The van der Waals surface area contributed by atoms with Gasteiger partial charge >= 0.3 is 5.97 Å². The number of hydrogen-bond donors (Lipinski definition) is 2. The van der Waals surface area contributed by atoms with Gasteiger partial charge in [0.2, 0.25) is 0 Å². The highest BCUT2D eigenvalue weighted by molar-refractivity contribution is 7.80. The first-order chi connectivity index (χ1) is 12.4. The van der Waals surface area contributed by atoms with Crippen molar-refractivity contribution in [2.24, 2.45) is 0 Å². The number of alkyl halides is 1. The van der Waals surface area contributed by atoms with Gasteiger partial charge in [-0.2, -0.15) is 0 Å². The zero-order valence-corrected chi connectivity index (χ0v) is 14.3. The van der Waals surface area contributed by atoms with Gasteiger partial charge in [-0.15, -0.1) is 17.7 Å². The summed E-state index contributed by atoms with van der Waals surface area (Å²) in [5.74, 6) is -1.21. The summed E-state index contributed by atoms with van der Waals surface area (Å²) in [5.41, 5.74) is 0.890. The molecule has 0 radical (unpaired) electrons. The number of carboxylic acid groups (broad SMARTS) is 1. The number of rotatable bonds is 3. The van der Waals surface area contributed by atoms with Crippen molar-refractivity contribution in [1.29, 1.82) is 0 Å². The van der Waals surface area contributed by atoms with Crippen molar-refractivity contribution < 1.29 is 18.7 Å². The summed E-state index contributed by atoms with van der Waals surface area (Å²) in [4.78, 5) is 17.4. The number of anilines is 1. The lowest BCUT2D eigenvalue weighted by Gasteiger charge is -2.25. The molecule has 1 N–H and O–H groups in total. The molecule has 1 fully saturated rings. The number of carboxylic acids is 1. The van der Waals surface area contributed by atoms with Crippen LogP contribution in [0.15, 0.2) is 41.4 Å². The third-order valence-electron chi connectivity index (χ3n) is 4.40. The fourth-order valence-electron chi connectivity index (χ4n) is 3.31. The van der Waals surface area contributed by atoms with Crippen LogP contribution in [0.4, 0.5) is 14.6 Å². The molecular formula is C17H14F2N4O2S. The summed E-state index contributed by atoms with van der Waals surface area (Å²) in [5, 5.41) is 13.5. The van der Waals surface area contributed by atoms with E-state index in [2.05, 4.69) is 22.7 Å². The largest absolute Gasteiger partial charge is 0.476 e. The monoisotopic (exact) mass is 376 g/mol. The van der Waals surface area contributed by atoms with Crippen molar-refractivity contribution in [3.63, 3.8) is 0 Å². The molecule has 0 aliphatic carbocycles. The number of aromatic nitrogens is 3. The summed E-state index contributed by atoms with van der Waals surface area (Å²) >= 11 is 4.19. The number of thiol groups is 1. The summed E-state index contributed by atoms with van der Waals surface area (Å²) in [7, 11) is 0. The molecule has 3 aromatic rings. The molecule has 4 rings (SSSR count). The number of imidazole rings is 1. The highest BCUT2D eigenvalue weighted by Crippen LogP contribution is 2.37. The van der Waals surface area contributed by atoms with Gasteiger partial charge in [0.05, 0.1) is 18.8 Å². The SMILES string of the molecule is O=C(O)c1cnc2ccc(N3C[C@@H](F)C[C@@H]3c3cc(F)cc(S)c3)nn12. The van der Waals surface area contributed by atoms with Gasteiger partial charge < -0.3 is 10.0 Å². The minimum absolute atomic E-state index is 0.0820. The van der Waals surface area contributed by atoms with E-state index < -0.39 is 24.0 Å². The van der Waals surface area contributed by atoms with E-state index in [9.17, 15) is 18.7 Å². The Morgan fingerprint density at radius 2 is 2.12 bits per heavy atom. The molecule has 0 bridgehead atoms. The van der Waals surface area contributed by atoms with E-state index in [1.165, 1.54) is 22.8 Å². The zero-order valence-electron chi connectivity index (χ0n) is 13.4. The summed E-state index contributed by atoms with van der Waals surface area (Å²) in [6, 6.07) is 7.18. The van der Waals surface area contributed by atoms with Gasteiger partial charge in [-0.1, -0.05) is 0 Å². The molecule has 3 heterocycles. The molecule has 6 nitrogen and oxygen atoms in total. The molecular weight excluding hydrogens is 362 g/mol. The molecule has 1 aliphatic rings. The van der Waals surface area contributed by atoms with Gasteiger partial charge in [0.15, 0.2) is 11.3 Å². The minimum Gasteiger partial charge on any atom is -0.476 e. The second kappa shape index (κ2) is 6.24. The van der Waals surface area contributed by atoms with Gasteiger partial charge in [-0.05, 0) is 35.9 Å². The fourth-order valence-corrected chi connectivity index (χ4v) is 3.58. The first-order valence-corrected chi connectivity index (χ1v) is 8.35. The van der Waals surface area contributed by atoms with E-state index in [-0.39, 0.29) is 18.7 Å². The third-order valence-corrected chi connectivity index (χ3v) is 4.66. The maximum absolute atomic E-state index is 14.2. The van der Waals surface area contributed by atoms with Crippen LogP contribution in [0.25, 0.3) is 5.65 Å². The molecule has 0 saturated carbocycles. The van der Waals surface area contributed by atoms with Crippen LogP contribution in [0.1, 0.15) is 28.5 Å². The summed E-state index contributed by atoms with van der Waals surface area (Å²) < 4.78 is 29.1. The van der Waals surface area contributed by atoms with E-state index in [0.29, 0.717) is 21.9 Å². The highest BCUT2D eigenvalue weighted by Gasteiger charge is 2.35. The Morgan fingerprint density at radius 1 is 1.31 bits per heavy atom. The van der Waals surface area contributed by atoms with E-state index in [4.69, 9.17) is 0 Å². The highest BCUT2D eigenvalue weighted by atomic mass is 32.1. The maximum Gasteiger partial charge on any atom is 0.356 e. The molecule has 2 atom stereocenters. The van der Waals surface area contributed by atoms with Crippen LogP contribution in [-0.2, 0) is 0 Å². The van der Waals surface area contributed by atoms with Crippen LogP contribution < -0.4 is 4.90 Å². The van der Waals surface area contributed by atoms with Crippen LogP contribution in [0.2, 0.25) is 0 Å². The van der Waals surface area contributed by atoms with Gasteiger partial charge in [-0.3, -0.25) is 0 Å². The number of halogens is 2. The van der Waals surface area contributed by atoms with Crippen molar-refractivity contribution >= 4 is 30.1 Å². The van der Waals surface area contributed by atoms with Gasteiger partial charge in [0, 0.05) is 11.3 Å². The molecule has 1 aromatic carbocycles. The van der Waals surface area contributed by atoms with Crippen LogP contribution in [-0.4, -0.2) is 38.4 Å². The second-order valence-corrected chi connectivity index (χ2v) is 6.67. The second-order valence-electron chi connectivity index (χ2n) is 6.15. The Hall–Kier alpha value is -2.68. The molecule has 1 aliphatic heterocycles. The van der Waals surface area contributed by atoms with E-state index in [0.717, 1.165) is 0 Å². The first kappa shape index (κ1) is 16.8. The van der Waals surface area contributed by atoms with Crippen LogP contribution in [0.3, 0.4) is 0 Å². The van der Waals surface area contributed by atoms with Crippen LogP contribution in [0.5, 0.6) is 0 Å². The number of aromatic carboxylic acids is 1. The minimum atomic E-state index is -1.16. The van der Waals surface area contributed by atoms with Crippen LogP contribution in [0, 0.1) is 5.82 Å². The van der Waals surface area contributed by atoms with Crippen molar-refractivity contribution in [3.05, 3.63) is 53.6 Å². The average molecular weight is 376 g/mol. The fraction of sp³-hybridized carbons (Fsp3) is 0.235. The molecule has 1 saturated heterocycles. The molecule has 0 unspecified atom stereocenters. The summed E-state index contributed by atoms with van der Waals surface area (Å²) in [6.45, 7) is 0.0820. The quantitative estimate of drug-likeness (QED) is 0.688. The molecule has 0 spiro atoms. The zero-order chi connectivity index (χ0) is 18.4. The van der Waals surface area contributed by atoms with Crippen molar-refractivity contribution in [2.45, 2.75) is 23.5 Å². The molecule has 2 aromatic heterocycles. The molecule has 134 valence electrons. The normalized spacial score (nSPS) is 20.0. The Balaban J connectivity index is 1.78. The van der Waals surface area contributed by atoms with Gasteiger partial charge in [-0.25, -0.2) is 23.1 Å². The lowest BCUT2D eigenvalue weighted by molar-refractivity contribution is 0.0688. The Kier molecular flexibility index (Phi) is 4.03. The van der Waals surface area contributed by atoms with Crippen molar-refractivity contribution in [3.8, 4) is 0 Å². The van der Waals surface area contributed by atoms with Crippen molar-refractivity contribution in [1.82, 2.24) is 14.6 Å². The topological polar surface area (TPSA) is 70.7 Å². The lowest BCUT2D eigenvalue weighted by atomic mass is 10.0. The number of benzene rings is 1. The third kappa shape index (κ3) is 2.88. The number of hydrogen-bond acceptors (Lipinski definition) is 5. The van der Waals surface area contributed by atoms with E-state index in [1.807, 2.05) is 0 Å². The Labute approximate surface area is 152 Å². The molecule has 26 heavy (non-hydrogen) atoms. The number of carbonyl (C=O) groups is 1. The maximum atomic E-state index is 14.2. The predicted molar refractivity (Wildman–Crippen MR) is 93.2 cm³/mol. The standard InChI is InChI=1S/C17H14F2N4O2S/c18-10-3-9(4-12(26)5-10)13-6-11(19)8-22(13)16-2-1-15-20-7-14(17(24)25)23(15)21-16/h1-5,7,11,13,26H,6,8H2,(H,24,25)/t11-,13+/m0/s1. The first-order valence-electron chi connectivity index (χ1n) is 7.90. The smallest absolute Gasteiger partial charge is 0.356 e. The van der Waals surface area contributed by atoms with Gasteiger partial charge in [0.25, 0.3) is 0 Å². The van der Waals surface area contributed by atoms with E-state index in [1.54, 1.807) is 23.1 Å². The van der Waals surface area contributed by atoms with Crippen LogP contribution >= 0.6 is 12.6 Å². The Morgan fingerprint density at radius 3 is 2.85 bits per heavy atom. The molecule has 0 amide bonds. The van der Waals surface area contributed by atoms with Crippen molar-refractivity contribution in [2.75, 3.05) is 11.4 Å².